The maximum atomic E-state index is 5.51. The van der Waals surface area contributed by atoms with Crippen LogP contribution in [0.3, 0.4) is 0 Å². The molecule has 1 N–H and O–H groups in total. The van der Waals surface area contributed by atoms with E-state index in [0.29, 0.717) is 19.4 Å². The second-order valence-electron chi connectivity index (χ2n) is 8.22. The van der Waals surface area contributed by atoms with Crippen LogP contribution in [0, 0.1) is 0 Å². The largest absolute Gasteiger partial charge is 0.497 e. The fraction of sp³-hybridized carbons (Fsp3) is 0.417. The van der Waals surface area contributed by atoms with E-state index >= 15 is 0 Å². The molecule has 0 saturated carbocycles. The molecule has 0 amide bonds. The molecule has 184 valence electrons. The van der Waals surface area contributed by atoms with Gasteiger partial charge in [0.25, 0.3) is 0 Å². The Labute approximate surface area is 211 Å². The molecule has 0 unspecified atom stereocenters. The van der Waals surface area contributed by atoms with Gasteiger partial charge in [-0.3, -0.25) is 4.90 Å². The number of aromatic nitrogens is 2. The van der Waals surface area contributed by atoms with Gasteiger partial charge in [-0.05, 0) is 48.7 Å². The number of benzene rings is 2. The molecule has 3 heterocycles. The molecule has 2 aliphatic rings. The summed E-state index contributed by atoms with van der Waals surface area (Å²) in [5.74, 6) is 3.28. The highest BCUT2D eigenvalue weighted by Crippen LogP contribution is 2.33. The highest BCUT2D eigenvalue weighted by atomic mass is 35.5. The Bertz CT molecular complexity index is 1110. The predicted octanol–water partition coefficient (Wildman–Crippen LogP) is 4.43. The molecule has 1 aromatic heterocycles. The Morgan fingerprint density at radius 1 is 0.971 bits per heavy atom. The van der Waals surface area contributed by atoms with Gasteiger partial charge >= 0.3 is 0 Å². The Hall–Kier alpha value is -2.52. The predicted molar refractivity (Wildman–Crippen MR) is 136 cm³/mol. The fourth-order valence-corrected chi connectivity index (χ4v) is 4.39. The Morgan fingerprint density at radius 2 is 1.76 bits per heavy atom. The van der Waals surface area contributed by atoms with Crippen molar-refractivity contribution in [1.82, 2.24) is 15.1 Å². The number of halogens is 2. The van der Waals surface area contributed by atoms with Crippen molar-refractivity contribution in [2.75, 3.05) is 39.4 Å². The maximum absolute atomic E-state index is 5.51. The number of nitrogens with zero attached hydrogens (tertiary/aromatic N) is 3. The molecule has 8 nitrogen and oxygen atoms in total. The highest BCUT2D eigenvalue weighted by molar-refractivity contribution is 5.94. The number of rotatable bonds is 7. The van der Waals surface area contributed by atoms with Crippen LogP contribution in [0.2, 0.25) is 0 Å². The average Bonchev–Trinajstić information content (AvgIpc) is 3.29. The van der Waals surface area contributed by atoms with E-state index in [1.54, 1.807) is 14.2 Å². The lowest BCUT2D eigenvalue weighted by Crippen LogP contribution is -2.38. The summed E-state index contributed by atoms with van der Waals surface area (Å²) in [6.07, 6.45) is 2.08. The van der Waals surface area contributed by atoms with Crippen LogP contribution < -0.4 is 19.5 Å². The average molecular weight is 509 g/mol. The molecule has 0 aliphatic carbocycles. The van der Waals surface area contributed by atoms with Gasteiger partial charge in [-0.1, -0.05) is 6.07 Å². The van der Waals surface area contributed by atoms with Crippen molar-refractivity contribution in [2.45, 2.75) is 32.0 Å². The maximum Gasteiger partial charge on any atom is 0.231 e. The van der Waals surface area contributed by atoms with Crippen LogP contribution in [0.25, 0.3) is 10.8 Å². The molecule has 34 heavy (non-hydrogen) atoms. The molecule has 2 aliphatic heterocycles. The molecule has 0 atom stereocenters. The van der Waals surface area contributed by atoms with Gasteiger partial charge in [-0.2, -0.15) is 5.10 Å². The van der Waals surface area contributed by atoms with Crippen molar-refractivity contribution in [3.8, 4) is 17.2 Å². The van der Waals surface area contributed by atoms with Crippen LogP contribution in [0.15, 0.2) is 36.4 Å². The minimum Gasteiger partial charge on any atom is -0.497 e. The number of anilines is 1. The van der Waals surface area contributed by atoms with E-state index < -0.39 is 0 Å². The number of methoxy groups -OCH3 is 2. The third kappa shape index (κ3) is 5.58. The second-order valence-corrected chi connectivity index (χ2v) is 8.22. The molecule has 10 heteroatoms. The number of likely N-dealkylation sites (tertiary alicyclic amines) is 1. The van der Waals surface area contributed by atoms with Crippen LogP contribution in [0.4, 0.5) is 5.82 Å². The first kappa shape index (κ1) is 26.1. The second kappa shape index (κ2) is 11.8. The van der Waals surface area contributed by atoms with Crippen LogP contribution in [-0.4, -0.2) is 55.2 Å². The van der Waals surface area contributed by atoms with E-state index in [4.69, 9.17) is 18.9 Å². The number of fused-ring (bicyclic) bond motifs is 2. The van der Waals surface area contributed by atoms with Crippen LogP contribution in [0.1, 0.15) is 24.1 Å². The number of hydrogen-bond donors (Lipinski definition) is 1. The first-order chi connectivity index (χ1) is 15.7. The summed E-state index contributed by atoms with van der Waals surface area (Å²) >= 11 is 0. The standard InChI is InChI=1S/C24H28N4O4.2ClH/c1-29-14-21-19-5-4-18(30-2)12-20(19)24(27-26-21)25-17-7-9-28(10-8-17)13-16-3-6-22-23(11-16)32-15-31-22;;/h3-6,11-12,17H,7-10,13-15H2,1-2H3,(H,25,27);2*1H. The molecule has 1 fully saturated rings. The minimum atomic E-state index is 0. The van der Waals surface area contributed by atoms with Crippen LogP contribution in [0.5, 0.6) is 17.2 Å². The van der Waals surface area contributed by atoms with Gasteiger partial charge in [0, 0.05) is 43.6 Å². The lowest BCUT2D eigenvalue weighted by atomic mass is 10.0. The quantitative estimate of drug-likeness (QED) is 0.501. The third-order valence-corrected chi connectivity index (χ3v) is 6.12. The van der Waals surface area contributed by atoms with E-state index in [1.165, 1.54) is 5.56 Å². The molecule has 0 spiro atoms. The van der Waals surface area contributed by atoms with E-state index in [-0.39, 0.29) is 24.8 Å². The molecule has 1 saturated heterocycles. The third-order valence-electron chi connectivity index (χ3n) is 6.12. The molecule has 3 aromatic rings. The zero-order valence-corrected chi connectivity index (χ0v) is 20.9. The lowest BCUT2D eigenvalue weighted by Gasteiger charge is -2.32. The highest BCUT2D eigenvalue weighted by Gasteiger charge is 2.22. The number of ether oxygens (including phenoxy) is 4. The van der Waals surface area contributed by atoms with Gasteiger partial charge in [-0.25, -0.2) is 0 Å². The summed E-state index contributed by atoms with van der Waals surface area (Å²) in [4.78, 5) is 2.48. The molecule has 5 rings (SSSR count). The van der Waals surface area contributed by atoms with Crippen molar-refractivity contribution in [1.29, 1.82) is 0 Å². The fourth-order valence-electron chi connectivity index (χ4n) is 4.39. The minimum absolute atomic E-state index is 0. The summed E-state index contributed by atoms with van der Waals surface area (Å²) in [5, 5.41) is 14.6. The number of nitrogens with one attached hydrogen (secondary N) is 1. The summed E-state index contributed by atoms with van der Waals surface area (Å²) in [7, 11) is 3.34. The van der Waals surface area contributed by atoms with Crippen molar-refractivity contribution >= 4 is 41.4 Å². The molecular weight excluding hydrogens is 479 g/mol. The van der Waals surface area contributed by atoms with Gasteiger partial charge in [0.05, 0.1) is 19.4 Å². The SMILES string of the molecule is COCc1nnc(NC2CCN(Cc3ccc4c(c3)OCO4)CC2)c2cc(OC)ccc12.Cl.Cl. The lowest BCUT2D eigenvalue weighted by molar-refractivity contribution is 0.173. The summed E-state index contributed by atoms with van der Waals surface area (Å²) in [6.45, 7) is 3.68. The zero-order valence-electron chi connectivity index (χ0n) is 19.3. The van der Waals surface area contributed by atoms with Gasteiger partial charge in [0.1, 0.15) is 5.75 Å². The Morgan fingerprint density at radius 3 is 2.53 bits per heavy atom. The smallest absolute Gasteiger partial charge is 0.231 e. The van der Waals surface area contributed by atoms with Crippen molar-refractivity contribution in [3.63, 3.8) is 0 Å². The van der Waals surface area contributed by atoms with Gasteiger partial charge in [0.2, 0.25) is 6.79 Å². The van der Waals surface area contributed by atoms with E-state index in [9.17, 15) is 0 Å². The summed E-state index contributed by atoms with van der Waals surface area (Å²) in [5.41, 5.74) is 2.08. The Kier molecular flexibility index (Phi) is 9.02. The Balaban J connectivity index is 0.00000162. The molecule has 0 bridgehead atoms. The van der Waals surface area contributed by atoms with Crippen molar-refractivity contribution in [3.05, 3.63) is 47.7 Å². The number of piperidine rings is 1. The first-order valence-corrected chi connectivity index (χ1v) is 10.9. The molecule has 0 radical (unpaired) electrons. The topological polar surface area (TPSA) is 78.0 Å². The van der Waals surface area contributed by atoms with Gasteiger partial charge in [0.15, 0.2) is 17.3 Å². The first-order valence-electron chi connectivity index (χ1n) is 10.9. The van der Waals surface area contributed by atoms with Crippen LogP contribution >= 0.6 is 24.8 Å². The summed E-state index contributed by atoms with van der Waals surface area (Å²) in [6, 6.07) is 12.5. The van der Waals surface area contributed by atoms with Crippen molar-refractivity contribution in [2.24, 2.45) is 0 Å². The monoisotopic (exact) mass is 508 g/mol. The normalized spacial score (nSPS) is 15.5. The molecular formula is C24H30Cl2N4O4. The summed E-state index contributed by atoms with van der Waals surface area (Å²) < 4.78 is 21.6. The van der Waals surface area contributed by atoms with E-state index in [0.717, 1.165) is 72.0 Å². The van der Waals surface area contributed by atoms with Crippen LogP contribution in [-0.2, 0) is 17.9 Å². The zero-order chi connectivity index (χ0) is 21.9. The van der Waals surface area contributed by atoms with Crippen molar-refractivity contribution < 1.29 is 18.9 Å². The molecule has 2 aromatic carbocycles. The number of hydrogen-bond acceptors (Lipinski definition) is 8. The van der Waals surface area contributed by atoms with Gasteiger partial charge in [-0.15, -0.1) is 29.9 Å². The van der Waals surface area contributed by atoms with E-state index in [2.05, 4.69) is 32.5 Å². The van der Waals surface area contributed by atoms with Gasteiger partial charge < -0.3 is 24.3 Å². The van der Waals surface area contributed by atoms with E-state index in [1.807, 2.05) is 24.3 Å².